The Labute approximate surface area is 118 Å². The first-order chi connectivity index (χ1) is 9.61. The van der Waals surface area contributed by atoms with E-state index in [4.69, 9.17) is 10.6 Å². The van der Waals surface area contributed by atoms with Crippen LogP contribution >= 0.6 is 0 Å². The van der Waals surface area contributed by atoms with Crippen molar-refractivity contribution in [3.8, 4) is 5.75 Å². The molecular weight excluding hydrogens is 252 g/mol. The summed E-state index contributed by atoms with van der Waals surface area (Å²) < 4.78 is 5.82. The molecule has 1 amide bonds. The number of ether oxygens (including phenoxy) is 1. The van der Waals surface area contributed by atoms with Crippen molar-refractivity contribution in [3.63, 3.8) is 0 Å². The van der Waals surface area contributed by atoms with Gasteiger partial charge in [-0.2, -0.15) is 0 Å². The van der Waals surface area contributed by atoms with Crippen LogP contribution in [0.5, 0.6) is 5.75 Å². The molecule has 0 radical (unpaired) electrons. The zero-order valence-electron chi connectivity index (χ0n) is 11.6. The fraction of sp³-hybridized carbons (Fsp3) is 0.188. The van der Waals surface area contributed by atoms with Crippen LogP contribution in [0.4, 0.5) is 0 Å². The van der Waals surface area contributed by atoms with Crippen LogP contribution in [0.2, 0.25) is 0 Å². The molecular formula is C16H18N2O2. The summed E-state index contributed by atoms with van der Waals surface area (Å²) >= 11 is 0. The summed E-state index contributed by atoms with van der Waals surface area (Å²) in [5, 5.41) is 0. The molecule has 0 spiro atoms. The summed E-state index contributed by atoms with van der Waals surface area (Å²) in [6.07, 6.45) is 0. The Kier molecular flexibility index (Phi) is 4.38. The zero-order chi connectivity index (χ0) is 14.5. The van der Waals surface area contributed by atoms with Crippen LogP contribution in [0.25, 0.3) is 0 Å². The molecule has 0 aliphatic heterocycles. The number of hydrazine groups is 1. The standard InChI is InChI=1S/C16H18N2O2/c1-11-7-8-12(2)15(9-11)20-10-13-5-3-4-6-14(13)16(19)18-17/h3-9H,10,17H2,1-2H3,(H,18,19). The predicted molar refractivity (Wildman–Crippen MR) is 78.3 cm³/mol. The second-order valence-electron chi connectivity index (χ2n) is 4.69. The maximum absolute atomic E-state index is 11.7. The number of hydrogen-bond donors (Lipinski definition) is 2. The number of hydrogen-bond acceptors (Lipinski definition) is 3. The summed E-state index contributed by atoms with van der Waals surface area (Å²) in [4.78, 5) is 11.7. The van der Waals surface area contributed by atoms with Gasteiger partial charge in [-0.15, -0.1) is 0 Å². The quantitative estimate of drug-likeness (QED) is 0.509. The van der Waals surface area contributed by atoms with Gasteiger partial charge in [-0.25, -0.2) is 5.84 Å². The highest BCUT2D eigenvalue weighted by molar-refractivity contribution is 5.95. The van der Waals surface area contributed by atoms with Gasteiger partial charge in [0.05, 0.1) is 0 Å². The highest BCUT2D eigenvalue weighted by Crippen LogP contribution is 2.21. The first-order valence-corrected chi connectivity index (χ1v) is 6.40. The van der Waals surface area contributed by atoms with Crippen LogP contribution in [0.1, 0.15) is 27.0 Å². The molecule has 2 rings (SSSR count). The van der Waals surface area contributed by atoms with Gasteiger partial charge in [0, 0.05) is 11.1 Å². The lowest BCUT2D eigenvalue weighted by molar-refractivity contribution is 0.0951. The fourth-order valence-corrected chi connectivity index (χ4v) is 1.96. The van der Waals surface area contributed by atoms with Gasteiger partial charge >= 0.3 is 0 Å². The van der Waals surface area contributed by atoms with Gasteiger partial charge in [0.25, 0.3) is 5.91 Å². The highest BCUT2D eigenvalue weighted by Gasteiger charge is 2.10. The number of benzene rings is 2. The Hall–Kier alpha value is -2.33. The predicted octanol–water partition coefficient (Wildman–Crippen LogP) is 2.49. The summed E-state index contributed by atoms with van der Waals surface area (Å²) in [5.74, 6) is 5.70. The molecule has 3 N–H and O–H groups in total. The molecule has 0 heterocycles. The second-order valence-corrected chi connectivity index (χ2v) is 4.69. The molecule has 0 fully saturated rings. The summed E-state index contributed by atoms with van der Waals surface area (Å²) in [6, 6.07) is 13.3. The van der Waals surface area contributed by atoms with Crippen molar-refractivity contribution >= 4 is 5.91 Å². The van der Waals surface area contributed by atoms with E-state index >= 15 is 0 Å². The SMILES string of the molecule is Cc1ccc(C)c(OCc2ccccc2C(=O)NN)c1. The number of aryl methyl sites for hydroxylation is 2. The Morgan fingerprint density at radius 2 is 1.95 bits per heavy atom. The summed E-state index contributed by atoms with van der Waals surface area (Å²) in [6.45, 7) is 4.34. The summed E-state index contributed by atoms with van der Waals surface area (Å²) in [7, 11) is 0. The van der Waals surface area contributed by atoms with Crippen LogP contribution in [-0.4, -0.2) is 5.91 Å². The topological polar surface area (TPSA) is 64.3 Å². The summed E-state index contributed by atoms with van der Waals surface area (Å²) in [5.41, 5.74) is 5.68. The molecule has 0 bridgehead atoms. The van der Waals surface area contributed by atoms with Gasteiger partial charge < -0.3 is 4.74 Å². The maximum Gasteiger partial charge on any atom is 0.265 e. The molecule has 0 aliphatic rings. The van der Waals surface area contributed by atoms with E-state index in [2.05, 4.69) is 5.43 Å². The van der Waals surface area contributed by atoms with Gasteiger partial charge in [0.1, 0.15) is 12.4 Å². The molecule has 4 nitrogen and oxygen atoms in total. The molecule has 4 heteroatoms. The minimum atomic E-state index is -0.315. The molecule has 0 unspecified atom stereocenters. The van der Waals surface area contributed by atoms with E-state index in [1.54, 1.807) is 12.1 Å². The fourth-order valence-electron chi connectivity index (χ4n) is 1.96. The van der Waals surface area contributed by atoms with Crippen molar-refractivity contribution in [2.45, 2.75) is 20.5 Å². The van der Waals surface area contributed by atoms with E-state index in [9.17, 15) is 4.79 Å². The lowest BCUT2D eigenvalue weighted by Crippen LogP contribution is -2.30. The lowest BCUT2D eigenvalue weighted by atomic mass is 10.1. The molecule has 0 aliphatic carbocycles. The smallest absolute Gasteiger partial charge is 0.265 e. The minimum absolute atomic E-state index is 0.315. The Bertz CT molecular complexity index is 624. The van der Waals surface area contributed by atoms with Gasteiger partial charge in [-0.1, -0.05) is 30.3 Å². The highest BCUT2D eigenvalue weighted by atomic mass is 16.5. The van der Waals surface area contributed by atoms with E-state index in [0.29, 0.717) is 12.2 Å². The van der Waals surface area contributed by atoms with Gasteiger partial charge in [-0.05, 0) is 37.1 Å². The van der Waals surface area contributed by atoms with Crippen LogP contribution in [0.15, 0.2) is 42.5 Å². The van der Waals surface area contributed by atoms with E-state index in [1.807, 2.05) is 44.2 Å². The van der Waals surface area contributed by atoms with Crippen LogP contribution in [-0.2, 0) is 6.61 Å². The van der Waals surface area contributed by atoms with Crippen molar-refractivity contribution in [3.05, 3.63) is 64.7 Å². The third-order valence-electron chi connectivity index (χ3n) is 3.12. The largest absolute Gasteiger partial charge is 0.489 e. The molecule has 0 saturated carbocycles. The first-order valence-electron chi connectivity index (χ1n) is 6.40. The number of carbonyl (C=O) groups is 1. The molecule has 104 valence electrons. The van der Waals surface area contributed by atoms with Gasteiger partial charge in [0.15, 0.2) is 0 Å². The molecule has 0 atom stereocenters. The van der Waals surface area contributed by atoms with Crippen molar-refractivity contribution in [1.29, 1.82) is 0 Å². The number of rotatable bonds is 4. The zero-order valence-corrected chi connectivity index (χ0v) is 11.6. The van der Waals surface area contributed by atoms with Gasteiger partial charge in [0.2, 0.25) is 0 Å². The third kappa shape index (κ3) is 3.16. The lowest BCUT2D eigenvalue weighted by Gasteiger charge is -2.12. The number of carbonyl (C=O) groups excluding carboxylic acids is 1. The van der Waals surface area contributed by atoms with Crippen LogP contribution < -0.4 is 16.0 Å². The molecule has 2 aromatic rings. The van der Waals surface area contributed by atoms with Crippen molar-refractivity contribution < 1.29 is 9.53 Å². The van der Waals surface area contributed by atoms with Gasteiger partial charge in [-0.3, -0.25) is 10.2 Å². The first kappa shape index (κ1) is 14.1. The Morgan fingerprint density at radius 1 is 1.20 bits per heavy atom. The van der Waals surface area contributed by atoms with E-state index in [1.165, 1.54) is 0 Å². The number of amides is 1. The van der Waals surface area contributed by atoms with Crippen LogP contribution in [0, 0.1) is 13.8 Å². The molecule has 20 heavy (non-hydrogen) atoms. The van der Waals surface area contributed by atoms with Crippen molar-refractivity contribution in [1.82, 2.24) is 5.43 Å². The molecule has 0 aromatic heterocycles. The van der Waals surface area contributed by atoms with Crippen molar-refractivity contribution in [2.75, 3.05) is 0 Å². The average Bonchev–Trinajstić information content (AvgIpc) is 2.47. The number of nitrogens with two attached hydrogens (primary N) is 1. The number of nitrogen functional groups attached to an aromatic ring is 1. The van der Waals surface area contributed by atoms with Crippen LogP contribution in [0.3, 0.4) is 0 Å². The van der Waals surface area contributed by atoms with E-state index in [-0.39, 0.29) is 5.91 Å². The molecule has 0 saturated heterocycles. The van der Waals surface area contributed by atoms with E-state index in [0.717, 1.165) is 22.4 Å². The Morgan fingerprint density at radius 3 is 2.70 bits per heavy atom. The Balaban J connectivity index is 2.19. The normalized spacial score (nSPS) is 10.2. The average molecular weight is 270 g/mol. The minimum Gasteiger partial charge on any atom is -0.489 e. The van der Waals surface area contributed by atoms with E-state index < -0.39 is 0 Å². The van der Waals surface area contributed by atoms with Crippen molar-refractivity contribution in [2.24, 2.45) is 5.84 Å². The number of nitrogens with one attached hydrogen (secondary N) is 1. The third-order valence-corrected chi connectivity index (χ3v) is 3.12. The molecule has 2 aromatic carbocycles. The monoisotopic (exact) mass is 270 g/mol. The second kappa shape index (κ2) is 6.21. The maximum atomic E-state index is 11.7.